The van der Waals surface area contributed by atoms with E-state index in [2.05, 4.69) is 15.0 Å². The zero-order valence-electron chi connectivity index (χ0n) is 11.5. The van der Waals surface area contributed by atoms with Crippen molar-refractivity contribution in [2.75, 3.05) is 7.11 Å². The molecule has 0 spiro atoms. The van der Waals surface area contributed by atoms with Gasteiger partial charge in [-0.25, -0.2) is 19.2 Å². The number of nitrogens with one attached hydrogen (secondary N) is 1. The number of hydrogen-bond acceptors (Lipinski definition) is 5. The van der Waals surface area contributed by atoms with Crippen LogP contribution in [-0.4, -0.2) is 28.0 Å². The van der Waals surface area contributed by atoms with Crippen LogP contribution in [0.25, 0.3) is 22.3 Å². The molecule has 0 amide bonds. The molecule has 0 bridgehead atoms. The summed E-state index contributed by atoms with van der Waals surface area (Å²) in [6.45, 7) is 0. The molecule has 2 aromatic heterocycles. The van der Waals surface area contributed by atoms with Gasteiger partial charge in [-0.2, -0.15) is 0 Å². The molecule has 110 valence electrons. The first-order valence-corrected chi connectivity index (χ1v) is 6.33. The van der Waals surface area contributed by atoms with Crippen molar-refractivity contribution in [1.82, 2.24) is 15.0 Å². The van der Waals surface area contributed by atoms with Crippen LogP contribution in [0, 0.1) is 5.82 Å². The predicted molar refractivity (Wildman–Crippen MR) is 76.9 cm³/mol. The molecule has 0 atom stereocenters. The van der Waals surface area contributed by atoms with Gasteiger partial charge in [0.15, 0.2) is 5.52 Å². The highest BCUT2D eigenvalue weighted by Crippen LogP contribution is 2.22. The Balaban J connectivity index is 2.32. The number of halogens is 1. The lowest BCUT2D eigenvalue weighted by atomic mass is 10.1. The van der Waals surface area contributed by atoms with Crippen LogP contribution in [0.2, 0.25) is 0 Å². The number of ether oxygens (including phenoxy) is 1. The fourth-order valence-electron chi connectivity index (χ4n) is 2.09. The standard InChI is InChI=1S/C15H10FN3O3/c1-22-15(21)10-6-11(8-2-4-9(16)5-3-8)19-13-12(10)17-7-18-14(13)20/h2-7H,1H3,(H,17,18,20). The molecule has 1 aromatic carbocycles. The maximum absolute atomic E-state index is 13.0. The van der Waals surface area contributed by atoms with Crippen molar-refractivity contribution < 1.29 is 13.9 Å². The minimum Gasteiger partial charge on any atom is -0.465 e. The Hall–Kier alpha value is -3.09. The number of fused-ring (bicyclic) bond motifs is 1. The molecular formula is C15H10FN3O3. The van der Waals surface area contributed by atoms with Crippen molar-refractivity contribution in [3.05, 3.63) is 58.4 Å². The summed E-state index contributed by atoms with van der Waals surface area (Å²) in [5.74, 6) is -1.02. The fraction of sp³-hybridized carbons (Fsp3) is 0.0667. The minimum atomic E-state index is -0.631. The van der Waals surface area contributed by atoms with Gasteiger partial charge in [-0.1, -0.05) is 0 Å². The van der Waals surface area contributed by atoms with Gasteiger partial charge in [-0.3, -0.25) is 4.79 Å². The number of methoxy groups -OCH3 is 1. The lowest BCUT2D eigenvalue weighted by Crippen LogP contribution is -2.13. The predicted octanol–water partition coefficient (Wildman–Crippen LogP) is 1.91. The third kappa shape index (κ3) is 2.32. The van der Waals surface area contributed by atoms with Gasteiger partial charge in [0.05, 0.1) is 24.7 Å². The topological polar surface area (TPSA) is 84.9 Å². The number of nitrogens with zero attached hydrogens (tertiary/aromatic N) is 2. The number of benzene rings is 1. The molecule has 22 heavy (non-hydrogen) atoms. The number of pyridine rings is 1. The molecule has 3 rings (SSSR count). The van der Waals surface area contributed by atoms with E-state index in [0.29, 0.717) is 11.3 Å². The van der Waals surface area contributed by atoms with Crippen LogP contribution in [-0.2, 0) is 4.74 Å². The van der Waals surface area contributed by atoms with Gasteiger partial charge in [0, 0.05) is 5.56 Å². The highest BCUT2D eigenvalue weighted by Gasteiger charge is 2.17. The van der Waals surface area contributed by atoms with E-state index in [0.717, 1.165) is 0 Å². The second-order valence-electron chi connectivity index (χ2n) is 4.48. The van der Waals surface area contributed by atoms with Crippen LogP contribution < -0.4 is 5.56 Å². The Kier molecular flexibility index (Phi) is 3.38. The molecule has 0 aliphatic carbocycles. The highest BCUT2D eigenvalue weighted by molar-refractivity contribution is 6.02. The number of rotatable bonds is 2. The molecule has 1 N–H and O–H groups in total. The lowest BCUT2D eigenvalue weighted by molar-refractivity contribution is 0.0602. The van der Waals surface area contributed by atoms with Crippen LogP contribution in [0.4, 0.5) is 4.39 Å². The Bertz CT molecular complexity index is 919. The third-order valence-electron chi connectivity index (χ3n) is 3.14. The number of carbonyl (C=O) groups excluding carboxylic acids is 1. The summed E-state index contributed by atoms with van der Waals surface area (Å²) in [6.07, 6.45) is 1.19. The summed E-state index contributed by atoms with van der Waals surface area (Å²) in [7, 11) is 1.24. The van der Waals surface area contributed by atoms with Crippen LogP contribution >= 0.6 is 0 Å². The Morgan fingerprint density at radius 1 is 1.23 bits per heavy atom. The number of aromatic nitrogens is 3. The van der Waals surface area contributed by atoms with E-state index < -0.39 is 17.3 Å². The Morgan fingerprint density at radius 2 is 1.95 bits per heavy atom. The normalized spacial score (nSPS) is 10.6. The molecule has 0 fully saturated rings. The molecule has 0 unspecified atom stereocenters. The smallest absolute Gasteiger partial charge is 0.340 e. The summed E-state index contributed by atoms with van der Waals surface area (Å²) < 4.78 is 17.7. The molecule has 0 aliphatic heterocycles. The lowest BCUT2D eigenvalue weighted by Gasteiger charge is -2.07. The van der Waals surface area contributed by atoms with E-state index in [1.807, 2.05) is 0 Å². The molecule has 7 heteroatoms. The summed E-state index contributed by atoms with van der Waals surface area (Å²) in [5, 5.41) is 0. The van der Waals surface area contributed by atoms with Crippen molar-refractivity contribution in [3.63, 3.8) is 0 Å². The second kappa shape index (κ2) is 5.36. The average Bonchev–Trinajstić information content (AvgIpc) is 2.54. The SMILES string of the molecule is COC(=O)c1cc(-c2ccc(F)cc2)nc2c(=O)[nH]cnc12. The first kappa shape index (κ1) is 13.9. The van der Waals surface area contributed by atoms with E-state index in [9.17, 15) is 14.0 Å². The molecule has 0 aliphatic rings. The monoisotopic (exact) mass is 299 g/mol. The first-order chi connectivity index (χ1) is 10.6. The maximum Gasteiger partial charge on any atom is 0.340 e. The zero-order valence-corrected chi connectivity index (χ0v) is 11.5. The Morgan fingerprint density at radius 3 is 2.64 bits per heavy atom. The van der Waals surface area contributed by atoms with Crippen molar-refractivity contribution in [2.24, 2.45) is 0 Å². The van der Waals surface area contributed by atoms with Gasteiger partial charge in [0.1, 0.15) is 11.3 Å². The quantitative estimate of drug-likeness (QED) is 0.731. The van der Waals surface area contributed by atoms with E-state index in [1.54, 1.807) is 0 Å². The Labute approximate surface area is 123 Å². The summed E-state index contributed by atoms with van der Waals surface area (Å²) in [5.41, 5.74) is 0.742. The molecule has 6 nitrogen and oxygen atoms in total. The molecule has 0 saturated heterocycles. The fourth-order valence-corrected chi connectivity index (χ4v) is 2.09. The van der Waals surface area contributed by atoms with Gasteiger partial charge < -0.3 is 9.72 Å². The van der Waals surface area contributed by atoms with E-state index in [4.69, 9.17) is 4.74 Å². The van der Waals surface area contributed by atoms with Crippen molar-refractivity contribution in [3.8, 4) is 11.3 Å². The third-order valence-corrected chi connectivity index (χ3v) is 3.14. The molecule has 0 saturated carbocycles. The highest BCUT2D eigenvalue weighted by atomic mass is 19.1. The van der Waals surface area contributed by atoms with Gasteiger partial charge >= 0.3 is 5.97 Å². The van der Waals surface area contributed by atoms with Crippen LogP contribution in [0.5, 0.6) is 0 Å². The van der Waals surface area contributed by atoms with Crippen molar-refractivity contribution in [1.29, 1.82) is 0 Å². The summed E-state index contributed by atoms with van der Waals surface area (Å²) in [6, 6.07) is 7.02. The van der Waals surface area contributed by atoms with Crippen molar-refractivity contribution in [2.45, 2.75) is 0 Å². The summed E-state index contributed by atoms with van der Waals surface area (Å²) in [4.78, 5) is 34.4. The van der Waals surface area contributed by atoms with E-state index in [-0.39, 0.29) is 16.6 Å². The van der Waals surface area contributed by atoms with Crippen LogP contribution in [0.3, 0.4) is 0 Å². The number of carbonyl (C=O) groups is 1. The molecule has 0 radical (unpaired) electrons. The molecule has 3 aromatic rings. The number of aromatic amines is 1. The van der Waals surface area contributed by atoms with Crippen molar-refractivity contribution >= 4 is 17.0 Å². The van der Waals surface area contributed by atoms with E-state index in [1.165, 1.54) is 43.8 Å². The minimum absolute atomic E-state index is 0.0183. The van der Waals surface area contributed by atoms with Gasteiger partial charge in [0.25, 0.3) is 5.56 Å². The maximum atomic E-state index is 13.0. The second-order valence-corrected chi connectivity index (χ2v) is 4.48. The number of H-pyrrole nitrogens is 1. The molecule has 2 heterocycles. The molecular weight excluding hydrogens is 289 g/mol. The van der Waals surface area contributed by atoms with E-state index >= 15 is 0 Å². The number of hydrogen-bond donors (Lipinski definition) is 1. The average molecular weight is 299 g/mol. The van der Waals surface area contributed by atoms with Crippen LogP contribution in [0.15, 0.2) is 41.5 Å². The largest absolute Gasteiger partial charge is 0.465 e. The first-order valence-electron chi connectivity index (χ1n) is 6.33. The number of esters is 1. The van der Waals surface area contributed by atoms with Gasteiger partial charge in [-0.05, 0) is 30.3 Å². The summed E-state index contributed by atoms with van der Waals surface area (Å²) >= 11 is 0. The van der Waals surface area contributed by atoms with Gasteiger partial charge in [0.2, 0.25) is 0 Å². The van der Waals surface area contributed by atoms with Crippen LogP contribution in [0.1, 0.15) is 10.4 Å². The zero-order chi connectivity index (χ0) is 15.7. The van der Waals surface area contributed by atoms with Gasteiger partial charge in [-0.15, -0.1) is 0 Å².